The predicted molar refractivity (Wildman–Crippen MR) is 159 cm³/mol. The molecule has 2 N–H and O–H groups in total. The fraction of sp³-hybridized carbons (Fsp3) is 0.125. The summed E-state index contributed by atoms with van der Waals surface area (Å²) in [5.74, 6) is -0.110. The van der Waals surface area contributed by atoms with E-state index in [4.69, 9.17) is 4.98 Å². The molecule has 1 amide bonds. The standard InChI is InChI=1S/C32H26FN5OS/c1-19(22-8-12-25(33)13-9-22)35-31(39)30-26-16-23(10-14-27(26)36-20(2)37-30)24-11-15-28-29(17-24)40-32(38-28)34-18-21-6-4-3-5-7-21/h3-17,19H,18H2,1-2H3,(H,34,38)(H,35,39)/t19-/m0/s1. The van der Waals surface area contributed by atoms with Gasteiger partial charge in [-0.2, -0.15) is 0 Å². The first-order valence-electron chi connectivity index (χ1n) is 13.0. The molecule has 0 saturated carbocycles. The summed E-state index contributed by atoms with van der Waals surface area (Å²) in [6, 6.07) is 28.1. The number of nitrogens with one attached hydrogen (secondary N) is 2. The largest absolute Gasteiger partial charge is 0.357 e. The van der Waals surface area contributed by atoms with E-state index in [-0.39, 0.29) is 17.8 Å². The molecule has 1 atom stereocenters. The number of nitrogens with zero attached hydrogens (tertiary/aromatic N) is 3. The van der Waals surface area contributed by atoms with Gasteiger partial charge >= 0.3 is 0 Å². The van der Waals surface area contributed by atoms with E-state index in [2.05, 4.69) is 38.8 Å². The molecule has 0 radical (unpaired) electrons. The Morgan fingerprint density at radius 1 is 0.875 bits per heavy atom. The number of thiazole rings is 1. The third-order valence-corrected chi connectivity index (χ3v) is 7.72. The molecule has 6 nitrogen and oxygen atoms in total. The highest BCUT2D eigenvalue weighted by atomic mass is 32.1. The Morgan fingerprint density at radius 2 is 1.60 bits per heavy atom. The van der Waals surface area contributed by atoms with Crippen LogP contribution in [0.2, 0.25) is 0 Å². The van der Waals surface area contributed by atoms with Crippen molar-refractivity contribution in [3.8, 4) is 11.1 Å². The summed E-state index contributed by atoms with van der Waals surface area (Å²) in [5, 5.41) is 7.95. The Bertz CT molecular complexity index is 1840. The Balaban J connectivity index is 1.28. The summed E-state index contributed by atoms with van der Waals surface area (Å²) in [5.41, 5.74) is 5.91. The lowest BCUT2D eigenvalue weighted by atomic mass is 10.0. The zero-order valence-corrected chi connectivity index (χ0v) is 22.8. The maximum absolute atomic E-state index is 13.4. The molecule has 0 unspecified atom stereocenters. The highest BCUT2D eigenvalue weighted by Gasteiger charge is 2.18. The molecule has 6 aromatic rings. The maximum atomic E-state index is 13.4. The number of carbonyl (C=O) groups is 1. The minimum absolute atomic E-state index is 0.309. The number of benzene rings is 4. The lowest BCUT2D eigenvalue weighted by molar-refractivity contribution is 0.0936. The second-order valence-corrected chi connectivity index (χ2v) is 10.7. The van der Waals surface area contributed by atoms with E-state index in [9.17, 15) is 9.18 Å². The van der Waals surface area contributed by atoms with Crippen LogP contribution in [0.1, 0.15) is 40.4 Å². The molecule has 0 aliphatic rings. The van der Waals surface area contributed by atoms with Gasteiger partial charge in [-0.05, 0) is 72.5 Å². The number of aromatic nitrogens is 3. The molecule has 198 valence electrons. The molecule has 0 fully saturated rings. The van der Waals surface area contributed by atoms with Gasteiger partial charge in [0.25, 0.3) is 5.91 Å². The first-order chi connectivity index (χ1) is 19.4. The topological polar surface area (TPSA) is 79.8 Å². The summed E-state index contributed by atoms with van der Waals surface area (Å²) in [6.07, 6.45) is 0. The van der Waals surface area contributed by atoms with Gasteiger partial charge in [0.05, 0.1) is 21.8 Å². The van der Waals surface area contributed by atoms with Crippen LogP contribution in [0, 0.1) is 12.7 Å². The summed E-state index contributed by atoms with van der Waals surface area (Å²) >= 11 is 1.61. The van der Waals surface area contributed by atoms with Crippen molar-refractivity contribution in [1.29, 1.82) is 0 Å². The van der Waals surface area contributed by atoms with Gasteiger partial charge in [0.15, 0.2) is 5.13 Å². The number of halogens is 1. The van der Waals surface area contributed by atoms with E-state index in [1.807, 2.05) is 55.5 Å². The van der Waals surface area contributed by atoms with Gasteiger partial charge in [-0.1, -0.05) is 65.9 Å². The molecule has 4 aromatic carbocycles. The van der Waals surface area contributed by atoms with Crippen LogP contribution in [0.3, 0.4) is 0 Å². The number of hydrogen-bond donors (Lipinski definition) is 2. The third kappa shape index (κ3) is 5.39. The van der Waals surface area contributed by atoms with Gasteiger partial charge in [0, 0.05) is 11.9 Å². The van der Waals surface area contributed by atoms with E-state index in [0.29, 0.717) is 29.0 Å². The van der Waals surface area contributed by atoms with E-state index in [1.165, 1.54) is 17.7 Å². The Labute approximate surface area is 235 Å². The predicted octanol–water partition coefficient (Wildman–Crippen LogP) is 7.46. The van der Waals surface area contributed by atoms with Crippen molar-refractivity contribution in [2.24, 2.45) is 0 Å². The van der Waals surface area contributed by atoms with Gasteiger partial charge in [-0.3, -0.25) is 4.79 Å². The first-order valence-corrected chi connectivity index (χ1v) is 13.8. The highest BCUT2D eigenvalue weighted by Crippen LogP contribution is 2.32. The summed E-state index contributed by atoms with van der Waals surface area (Å²) < 4.78 is 14.4. The number of aryl methyl sites for hydroxylation is 1. The van der Waals surface area contributed by atoms with Crippen LogP contribution in [0.25, 0.3) is 32.2 Å². The van der Waals surface area contributed by atoms with Crippen LogP contribution < -0.4 is 10.6 Å². The lowest BCUT2D eigenvalue weighted by Crippen LogP contribution is -2.28. The number of rotatable bonds is 7. The molecule has 8 heteroatoms. The molecule has 0 aliphatic heterocycles. The number of fused-ring (bicyclic) bond motifs is 2. The van der Waals surface area contributed by atoms with Crippen molar-refractivity contribution >= 4 is 43.5 Å². The second kappa shape index (κ2) is 10.8. The number of anilines is 1. The normalized spacial score (nSPS) is 12.0. The highest BCUT2D eigenvalue weighted by molar-refractivity contribution is 7.22. The summed E-state index contributed by atoms with van der Waals surface area (Å²) in [4.78, 5) is 27.1. The van der Waals surface area contributed by atoms with Crippen LogP contribution in [0.4, 0.5) is 9.52 Å². The van der Waals surface area contributed by atoms with E-state index in [1.54, 1.807) is 30.4 Å². The smallest absolute Gasteiger partial charge is 0.271 e. The van der Waals surface area contributed by atoms with Crippen LogP contribution in [0.15, 0.2) is 91.0 Å². The van der Waals surface area contributed by atoms with E-state index >= 15 is 0 Å². The SMILES string of the molecule is Cc1nc(C(=O)N[C@@H](C)c2ccc(F)cc2)c2cc(-c3ccc4nc(NCc5ccccc5)sc4c3)ccc2n1. The second-order valence-electron chi connectivity index (χ2n) is 9.64. The molecule has 6 rings (SSSR count). The van der Waals surface area contributed by atoms with Crippen molar-refractivity contribution in [3.63, 3.8) is 0 Å². The van der Waals surface area contributed by atoms with E-state index in [0.717, 1.165) is 32.0 Å². The summed E-state index contributed by atoms with van der Waals surface area (Å²) in [7, 11) is 0. The lowest BCUT2D eigenvalue weighted by Gasteiger charge is -2.15. The fourth-order valence-electron chi connectivity index (χ4n) is 4.65. The van der Waals surface area contributed by atoms with Crippen molar-refractivity contribution in [2.75, 3.05) is 5.32 Å². The first kappa shape index (κ1) is 25.6. The molecule has 0 saturated heterocycles. The van der Waals surface area contributed by atoms with Gasteiger partial charge in [0.1, 0.15) is 17.3 Å². The van der Waals surface area contributed by atoms with Gasteiger partial charge in [-0.15, -0.1) is 0 Å². The quantitative estimate of drug-likeness (QED) is 0.217. The van der Waals surface area contributed by atoms with Crippen LogP contribution in [-0.2, 0) is 6.54 Å². The van der Waals surface area contributed by atoms with E-state index < -0.39 is 0 Å². The zero-order valence-electron chi connectivity index (χ0n) is 22.0. The average Bonchev–Trinajstić information content (AvgIpc) is 3.38. The number of amides is 1. The molecular formula is C32H26FN5OS. The monoisotopic (exact) mass is 547 g/mol. The van der Waals surface area contributed by atoms with Gasteiger partial charge in [-0.25, -0.2) is 19.3 Å². The van der Waals surface area contributed by atoms with Crippen molar-refractivity contribution < 1.29 is 9.18 Å². The molecule has 40 heavy (non-hydrogen) atoms. The zero-order chi connectivity index (χ0) is 27.6. The van der Waals surface area contributed by atoms with Crippen molar-refractivity contribution in [3.05, 3.63) is 119 Å². The minimum Gasteiger partial charge on any atom is -0.357 e. The van der Waals surface area contributed by atoms with Crippen LogP contribution >= 0.6 is 11.3 Å². The average molecular weight is 548 g/mol. The van der Waals surface area contributed by atoms with Crippen LogP contribution in [-0.4, -0.2) is 20.9 Å². The Hall–Kier alpha value is -4.69. The fourth-order valence-corrected chi connectivity index (χ4v) is 5.55. The molecule has 2 heterocycles. The Morgan fingerprint density at radius 3 is 2.38 bits per heavy atom. The molecule has 0 bridgehead atoms. The maximum Gasteiger partial charge on any atom is 0.271 e. The Kier molecular flexibility index (Phi) is 6.92. The number of carbonyl (C=O) groups excluding carboxylic acids is 1. The third-order valence-electron chi connectivity index (χ3n) is 6.75. The van der Waals surface area contributed by atoms with Crippen molar-refractivity contribution in [1.82, 2.24) is 20.3 Å². The summed E-state index contributed by atoms with van der Waals surface area (Å²) in [6.45, 7) is 4.34. The minimum atomic E-state index is -0.319. The van der Waals surface area contributed by atoms with Gasteiger partial charge in [0.2, 0.25) is 0 Å². The number of hydrogen-bond acceptors (Lipinski definition) is 6. The molecular weight excluding hydrogens is 521 g/mol. The molecule has 0 aliphatic carbocycles. The van der Waals surface area contributed by atoms with Crippen LogP contribution in [0.5, 0.6) is 0 Å². The molecule has 0 spiro atoms. The molecule has 2 aromatic heterocycles. The van der Waals surface area contributed by atoms with Crippen molar-refractivity contribution in [2.45, 2.75) is 26.4 Å². The van der Waals surface area contributed by atoms with Gasteiger partial charge < -0.3 is 10.6 Å².